The Bertz CT molecular complexity index is 652. The fourth-order valence-electron chi connectivity index (χ4n) is 1.85. The van der Waals surface area contributed by atoms with E-state index >= 15 is 0 Å². The minimum absolute atomic E-state index is 0.0976. The fraction of sp³-hybridized carbons (Fsp3) is 0.200. The zero-order valence-corrected chi connectivity index (χ0v) is 15.1. The van der Waals surface area contributed by atoms with Gasteiger partial charge >= 0.3 is 0 Å². The molecule has 0 saturated carbocycles. The zero-order valence-electron chi connectivity index (χ0n) is 11.2. The highest BCUT2D eigenvalue weighted by atomic mass is 79.9. The van der Waals surface area contributed by atoms with Crippen molar-refractivity contribution in [2.75, 3.05) is 11.9 Å². The van der Waals surface area contributed by atoms with E-state index in [4.69, 9.17) is 16.3 Å². The molecule has 112 valence electrons. The van der Waals surface area contributed by atoms with Gasteiger partial charge in [-0.25, -0.2) is 4.39 Å². The highest BCUT2D eigenvalue weighted by molar-refractivity contribution is 9.11. The van der Waals surface area contributed by atoms with Crippen molar-refractivity contribution in [1.82, 2.24) is 0 Å². The second-order valence-corrected chi connectivity index (χ2v) is 6.47. The van der Waals surface area contributed by atoms with E-state index in [0.29, 0.717) is 13.2 Å². The van der Waals surface area contributed by atoms with Gasteiger partial charge in [-0.3, -0.25) is 0 Å². The van der Waals surface area contributed by atoms with E-state index in [-0.39, 0.29) is 5.02 Å². The fourth-order valence-corrected chi connectivity index (χ4v) is 3.46. The van der Waals surface area contributed by atoms with Gasteiger partial charge in [0, 0.05) is 22.3 Å². The zero-order chi connectivity index (χ0) is 15.4. The lowest BCUT2D eigenvalue weighted by molar-refractivity contribution is 0.334. The van der Waals surface area contributed by atoms with Gasteiger partial charge < -0.3 is 10.1 Å². The molecule has 0 saturated heterocycles. The van der Waals surface area contributed by atoms with Crippen molar-refractivity contribution in [3.63, 3.8) is 0 Å². The predicted octanol–water partition coefficient (Wildman–Crippen LogP) is 6.01. The Kier molecular flexibility index (Phi) is 5.90. The molecular formula is C15H13Br2ClFNO. The van der Waals surface area contributed by atoms with E-state index in [1.165, 1.54) is 6.07 Å². The molecule has 0 radical (unpaired) electrons. The lowest BCUT2D eigenvalue weighted by Gasteiger charge is -2.14. The van der Waals surface area contributed by atoms with Gasteiger partial charge in [-0.2, -0.15) is 0 Å². The van der Waals surface area contributed by atoms with Crippen LogP contribution in [0.15, 0.2) is 39.3 Å². The predicted molar refractivity (Wildman–Crippen MR) is 91.7 cm³/mol. The molecule has 2 aromatic carbocycles. The van der Waals surface area contributed by atoms with Crippen LogP contribution in [0.5, 0.6) is 5.75 Å². The maximum Gasteiger partial charge on any atom is 0.141 e. The average Bonchev–Trinajstić information content (AvgIpc) is 2.43. The monoisotopic (exact) mass is 435 g/mol. The van der Waals surface area contributed by atoms with Crippen LogP contribution in [0.3, 0.4) is 0 Å². The molecule has 2 aromatic rings. The van der Waals surface area contributed by atoms with Crippen LogP contribution in [0.4, 0.5) is 10.1 Å². The van der Waals surface area contributed by atoms with Crippen LogP contribution in [-0.4, -0.2) is 6.61 Å². The summed E-state index contributed by atoms with van der Waals surface area (Å²) in [5.74, 6) is 0.365. The van der Waals surface area contributed by atoms with Crippen LogP contribution >= 0.6 is 43.5 Å². The summed E-state index contributed by atoms with van der Waals surface area (Å²) in [6.07, 6.45) is 0. The van der Waals surface area contributed by atoms with E-state index in [1.54, 1.807) is 12.1 Å². The Morgan fingerprint density at radius 1 is 1.24 bits per heavy atom. The largest absolute Gasteiger partial charge is 0.492 e. The second-order valence-electron chi connectivity index (χ2n) is 4.29. The minimum Gasteiger partial charge on any atom is -0.492 e. The SMILES string of the molecule is CCOc1c(Br)cc(Br)cc1CNc1ccc(F)c(Cl)c1. The Morgan fingerprint density at radius 2 is 2.00 bits per heavy atom. The first-order chi connectivity index (χ1) is 10.0. The molecule has 0 spiro atoms. The maximum absolute atomic E-state index is 13.1. The van der Waals surface area contributed by atoms with Crippen LogP contribution in [0.25, 0.3) is 0 Å². The maximum atomic E-state index is 13.1. The van der Waals surface area contributed by atoms with Gasteiger partial charge in [-0.15, -0.1) is 0 Å². The molecule has 2 rings (SSSR count). The first-order valence-electron chi connectivity index (χ1n) is 6.31. The highest BCUT2D eigenvalue weighted by Crippen LogP contribution is 2.33. The molecule has 0 bridgehead atoms. The van der Waals surface area contributed by atoms with Gasteiger partial charge in [0.25, 0.3) is 0 Å². The van der Waals surface area contributed by atoms with E-state index in [0.717, 1.165) is 25.9 Å². The molecule has 0 aromatic heterocycles. The number of nitrogens with one attached hydrogen (secondary N) is 1. The smallest absolute Gasteiger partial charge is 0.141 e. The summed E-state index contributed by atoms with van der Waals surface area (Å²) >= 11 is 12.7. The molecule has 2 nitrogen and oxygen atoms in total. The number of hydrogen-bond donors (Lipinski definition) is 1. The van der Waals surface area contributed by atoms with Crippen LogP contribution in [0.2, 0.25) is 5.02 Å². The van der Waals surface area contributed by atoms with Crippen LogP contribution in [-0.2, 0) is 6.54 Å². The van der Waals surface area contributed by atoms with Crippen molar-refractivity contribution in [3.8, 4) is 5.75 Å². The Morgan fingerprint density at radius 3 is 2.67 bits per heavy atom. The van der Waals surface area contributed by atoms with Gasteiger partial charge in [-0.05, 0) is 53.2 Å². The van der Waals surface area contributed by atoms with Gasteiger partial charge in [0.1, 0.15) is 11.6 Å². The summed E-state index contributed by atoms with van der Waals surface area (Å²) in [6, 6.07) is 8.46. The van der Waals surface area contributed by atoms with Crippen molar-refractivity contribution in [3.05, 3.63) is 55.7 Å². The molecular weight excluding hydrogens is 424 g/mol. The van der Waals surface area contributed by atoms with E-state index in [1.807, 2.05) is 19.1 Å². The summed E-state index contributed by atoms with van der Waals surface area (Å²) in [5, 5.41) is 3.31. The number of hydrogen-bond acceptors (Lipinski definition) is 2. The number of halogens is 4. The molecule has 0 heterocycles. The van der Waals surface area contributed by atoms with Crippen molar-refractivity contribution in [1.29, 1.82) is 0 Å². The van der Waals surface area contributed by atoms with Gasteiger partial charge in [0.15, 0.2) is 0 Å². The summed E-state index contributed by atoms with van der Waals surface area (Å²) in [7, 11) is 0. The van der Waals surface area contributed by atoms with Gasteiger partial charge in [0.05, 0.1) is 16.1 Å². The number of ether oxygens (including phenoxy) is 1. The molecule has 0 unspecified atom stereocenters. The third kappa shape index (κ3) is 4.34. The Balaban J connectivity index is 2.20. The molecule has 0 atom stereocenters. The number of rotatable bonds is 5. The first-order valence-corrected chi connectivity index (χ1v) is 8.27. The number of anilines is 1. The lowest BCUT2D eigenvalue weighted by Crippen LogP contribution is -2.04. The minimum atomic E-state index is -0.428. The highest BCUT2D eigenvalue weighted by Gasteiger charge is 2.10. The third-order valence-corrected chi connectivity index (χ3v) is 4.11. The Labute approximate surface area is 144 Å². The van der Waals surface area contributed by atoms with Crippen molar-refractivity contribution >= 4 is 49.1 Å². The molecule has 0 aliphatic rings. The van der Waals surface area contributed by atoms with Crippen LogP contribution < -0.4 is 10.1 Å². The molecule has 0 fully saturated rings. The van der Waals surface area contributed by atoms with E-state index < -0.39 is 5.82 Å². The van der Waals surface area contributed by atoms with E-state index in [9.17, 15) is 4.39 Å². The quantitative estimate of drug-likeness (QED) is 0.618. The third-order valence-electron chi connectivity index (χ3n) is 2.78. The van der Waals surface area contributed by atoms with Crippen LogP contribution in [0.1, 0.15) is 12.5 Å². The molecule has 0 aliphatic carbocycles. The molecule has 0 amide bonds. The molecule has 21 heavy (non-hydrogen) atoms. The van der Waals surface area contributed by atoms with Crippen LogP contribution in [0, 0.1) is 5.82 Å². The number of benzene rings is 2. The van der Waals surface area contributed by atoms with Gasteiger partial charge in [-0.1, -0.05) is 27.5 Å². The molecule has 0 aliphatic heterocycles. The topological polar surface area (TPSA) is 21.3 Å². The van der Waals surface area contributed by atoms with Crippen molar-refractivity contribution < 1.29 is 9.13 Å². The normalized spacial score (nSPS) is 10.5. The molecule has 1 N–H and O–H groups in total. The average molecular weight is 438 g/mol. The Hall–Kier alpha value is -0.780. The standard InChI is InChI=1S/C15H13Br2ClFNO/c1-2-21-15-9(5-10(16)6-12(15)17)8-20-11-3-4-14(19)13(18)7-11/h3-7,20H,2,8H2,1H3. The second kappa shape index (κ2) is 7.47. The van der Waals surface area contributed by atoms with Crippen molar-refractivity contribution in [2.45, 2.75) is 13.5 Å². The molecule has 6 heteroatoms. The van der Waals surface area contributed by atoms with Gasteiger partial charge in [0.2, 0.25) is 0 Å². The summed E-state index contributed by atoms with van der Waals surface area (Å²) in [5.41, 5.74) is 1.73. The van der Waals surface area contributed by atoms with E-state index in [2.05, 4.69) is 37.2 Å². The first kappa shape index (κ1) is 16.6. The lowest BCUT2D eigenvalue weighted by atomic mass is 10.2. The summed E-state index contributed by atoms with van der Waals surface area (Å²) < 4.78 is 20.6. The summed E-state index contributed by atoms with van der Waals surface area (Å²) in [4.78, 5) is 0. The van der Waals surface area contributed by atoms with Crippen molar-refractivity contribution in [2.24, 2.45) is 0 Å². The summed E-state index contributed by atoms with van der Waals surface area (Å²) in [6.45, 7) is 3.05.